The van der Waals surface area contributed by atoms with Crippen molar-refractivity contribution < 1.29 is 14.3 Å². The van der Waals surface area contributed by atoms with Gasteiger partial charge in [-0.1, -0.05) is 17.7 Å². The Balaban J connectivity index is 0.00000392. The Bertz CT molecular complexity index is 607. The molecule has 1 aliphatic heterocycles. The highest BCUT2D eigenvalue weighted by atomic mass is 127. The quantitative estimate of drug-likeness (QED) is 0.197. The van der Waals surface area contributed by atoms with E-state index in [-0.39, 0.29) is 36.0 Å². The zero-order valence-electron chi connectivity index (χ0n) is 16.8. The number of hydrogen-bond acceptors (Lipinski definition) is 4. The molecule has 1 aromatic carbocycles. The number of aryl methyl sites for hydroxylation is 1. The Labute approximate surface area is 185 Å². The van der Waals surface area contributed by atoms with Gasteiger partial charge in [0.15, 0.2) is 5.96 Å². The summed E-state index contributed by atoms with van der Waals surface area (Å²) >= 11 is 0. The second kappa shape index (κ2) is 14.6. The van der Waals surface area contributed by atoms with E-state index in [1.807, 2.05) is 38.1 Å². The molecule has 7 nitrogen and oxygen atoms in total. The van der Waals surface area contributed by atoms with Crippen molar-refractivity contribution in [2.45, 2.75) is 32.8 Å². The van der Waals surface area contributed by atoms with Crippen LogP contribution in [-0.2, 0) is 9.47 Å². The van der Waals surface area contributed by atoms with Crippen molar-refractivity contribution in [3.05, 3.63) is 35.4 Å². The largest absolute Gasteiger partial charge is 0.379 e. The maximum absolute atomic E-state index is 12.1. The zero-order chi connectivity index (χ0) is 19.3. The van der Waals surface area contributed by atoms with E-state index in [9.17, 15) is 4.79 Å². The number of ether oxygens (including phenoxy) is 2. The predicted octanol–water partition coefficient (Wildman–Crippen LogP) is 2.09. The van der Waals surface area contributed by atoms with E-state index in [1.165, 1.54) is 0 Å². The highest BCUT2D eigenvalue weighted by molar-refractivity contribution is 14.0. The first-order valence-corrected chi connectivity index (χ1v) is 9.75. The highest BCUT2D eigenvalue weighted by Crippen LogP contribution is 2.08. The van der Waals surface area contributed by atoms with Crippen LogP contribution in [0.5, 0.6) is 0 Å². The van der Waals surface area contributed by atoms with Crippen molar-refractivity contribution in [2.24, 2.45) is 4.99 Å². The molecular weight excluding hydrogens is 471 g/mol. The Morgan fingerprint density at radius 1 is 1.29 bits per heavy atom. The molecule has 2 rings (SSSR count). The lowest BCUT2D eigenvalue weighted by Crippen LogP contribution is -2.41. The second-order valence-electron chi connectivity index (χ2n) is 6.52. The fourth-order valence-corrected chi connectivity index (χ4v) is 2.74. The number of benzene rings is 1. The molecule has 28 heavy (non-hydrogen) atoms. The van der Waals surface area contributed by atoms with E-state index < -0.39 is 0 Å². The van der Waals surface area contributed by atoms with Gasteiger partial charge in [0.2, 0.25) is 0 Å². The van der Waals surface area contributed by atoms with Crippen LogP contribution in [0.3, 0.4) is 0 Å². The topological polar surface area (TPSA) is 84.0 Å². The van der Waals surface area contributed by atoms with Crippen molar-refractivity contribution in [3.8, 4) is 0 Å². The number of nitrogens with one attached hydrogen (secondary N) is 3. The molecule has 1 saturated heterocycles. The number of hydrogen-bond donors (Lipinski definition) is 3. The van der Waals surface area contributed by atoms with Crippen LogP contribution in [0.4, 0.5) is 0 Å². The van der Waals surface area contributed by atoms with Gasteiger partial charge in [-0.05, 0) is 38.8 Å². The standard InChI is InChI=1S/C20H32N4O3.HI/c1-3-21-20(23-9-5-12-27-18-8-13-26-15-18)24-11-10-22-19(25)17-7-4-6-16(2)14-17;/h4,6-7,14,18H,3,5,8-13,15H2,1-2H3,(H,22,25)(H2,21,23,24);1H. The van der Waals surface area contributed by atoms with Gasteiger partial charge >= 0.3 is 0 Å². The summed E-state index contributed by atoms with van der Waals surface area (Å²) in [5, 5.41) is 9.36. The lowest BCUT2D eigenvalue weighted by atomic mass is 10.1. The summed E-state index contributed by atoms with van der Waals surface area (Å²) in [7, 11) is 0. The average Bonchev–Trinajstić information content (AvgIpc) is 3.18. The van der Waals surface area contributed by atoms with Crippen LogP contribution in [0, 0.1) is 6.92 Å². The maximum Gasteiger partial charge on any atom is 0.251 e. The third-order valence-corrected chi connectivity index (χ3v) is 4.14. The fourth-order valence-electron chi connectivity index (χ4n) is 2.74. The summed E-state index contributed by atoms with van der Waals surface area (Å²) in [4.78, 5) is 16.6. The van der Waals surface area contributed by atoms with Gasteiger partial charge in [0.05, 0.1) is 12.7 Å². The number of amides is 1. The number of carbonyl (C=O) groups is 1. The molecule has 158 valence electrons. The third-order valence-electron chi connectivity index (χ3n) is 4.14. The minimum absolute atomic E-state index is 0. The summed E-state index contributed by atoms with van der Waals surface area (Å²) < 4.78 is 11.0. The van der Waals surface area contributed by atoms with Crippen LogP contribution in [0.1, 0.15) is 35.7 Å². The van der Waals surface area contributed by atoms with Crippen LogP contribution >= 0.6 is 24.0 Å². The fraction of sp³-hybridized carbons (Fsp3) is 0.600. The lowest BCUT2D eigenvalue weighted by molar-refractivity contribution is 0.0424. The third kappa shape index (κ3) is 9.70. The molecule has 1 atom stereocenters. The number of aliphatic imine (C=N–C) groups is 1. The van der Waals surface area contributed by atoms with Crippen LogP contribution in [0.25, 0.3) is 0 Å². The van der Waals surface area contributed by atoms with Gasteiger partial charge < -0.3 is 25.4 Å². The zero-order valence-corrected chi connectivity index (χ0v) is 19.2. The molecule has 0 aromatic heterocycles. The molecule has 1 amide bonds. The molecule has 0 radical (unpaired) electrons. The second-order valence-corrected chi connectivity index (χ2v) is 6.52. The van der Waals surface area contributed by atoms with Gasteiger partial charge in [0.1, 0.15) is 0 Å². The Morgan fingerprint density at radius 2 is 2.11 bits per heavy atom. The summed E-state index contributed by atoms with van der Waals surface area (Å²) in [6.45, 7) is 8.84. The van der Waals surface area contributed by atoms with Gasteiger partial charge in [-0.2, -0.15) is 0 Å². The molecule has 1 heterocycles. The summed E-state index contributed by atoms with van der Waals surface area (Å²) in [6.07, 6.45) is 2.11. The van der Waals surface area contributed by atoms with Crippen molar-refractivity contribution in [1.82, 2.24) is 16.0 Å². The van der Waals surface area contributed by atoms with Gasteiger partial charge in [0, 0.05) is 45.0 Å². The minimum Gasteiger partial charge on any atom is -0.379 e. The van der Waals surface area contributed by atoms with E-state index in [4.69, 9.17) is 9.47 Å². The van der Waals surface area contributed by atoms with E-state index >= 15 is 0 Å². The monoisotopic (exact) mass is 504 g/mol. The Hall–Kier alpha value is -1.39. The first-order chi connectivity index (χ1) is 13.2. The predicted molar refractivity (Wildman–Crippen MR) is 123 cm³/mol. The summed E-state index contributed by atoms with van der Waals surface area (Å²) in [5.74, 6) is 0.696. The van der Waals surface area contributed by atoms with Crippen LogP contribution in [-0.4, -0.2) is 64.0 Å². The van der Waals surface area contributed by atoms with Crippen LogP contribution in [0.2, 0.25) is 0 Å². The molecule has 0 spiro atoms. The van der Waals surface area contributed by atoms with E-state index in [0.29, 0.717) is 38.4 Å². The lowest BCUT2D eigenvalue weighted by Gasteiger charge is -2.12. The SMILES string of the molecule is CCNC(=NCCCOC1CCOC1)NCCNC(=O)c1cccc(C)c1.I. The van der Waals surface area contributed by atoms with E-state index in [0.717, 1.165) is 37.5 Å². The maximum atomic E-state index is 12.1. The number of carbonyl (C=O) groups excluding carboxylic acids is 1. The Kier molecular flexibility index (Phi) is 12.8. The first-order valence-electron chi connectivity index (χ1n) is 9.75. The first kappa shape index (κ1) is 24.6. The molecule has 8 heteroatoms. The van der Waals surface area contributed by atoms with Crippen molar-refractivity contribution in [2.75, 3.05) is 46.0 Å². The smallest absolute Gasteiger partial charge is 0.251 e. The van der Waals surface area contributed by atoms with E-state index in [1.54, 1.807) is 0 Å². The number of guanidine groups is 1. The molecule has 1 aliphatic rings. The summed E-state index contributed by atoms with van der Waals surface area (Å²) in [6, 6.07) is 7.57. The molecule has 1 aromatic rings. The normalized spacial score (nSPS) is 16.4. The van der Waals surface area contributed by atoms with Gasteiger partial charge in [-0.15, -0.1) is 24.0 Å². The van der Waals surface area contributed by atoms with Gasteiger partial charge in [-0.3, -0.25) is 9.79 Å². The molecular formula is C20H33IN4O3. The summed E-state index contributed by atoms with van der Waals surface area (Å²) in [5.41, 5.74) is 1.76. The Morgan fingerprint density at radius 3 is 2.82 bits per heavy atom. The van der Waals surface area contributed by atoms with Crippen molar-refractivity contribution in [1.29, 1.82) is 0 Å². The van der Waals surface area contributed by atoms with E-state index in [2.05, 4.69) is 20.9 Å². The molecule has 0 saturated carbocycles. The van der Waals surface area contributed by atoms with Crippen molar-refractivity contribution >= 4 is 35.8 Å². The molecule has 1 fully saturated rings. The van der Waals surface area contributed by atoms with Crippen LogP contribution in [0.15, 0.2) is 29.3 Å². The molecule has 0 aliphatic carbocycles. The molecule has 3 N–H and O–H groups in total. The number of rotatable bonds is 10. The minimum atomic E-state index is -0.0597. The van der Waals surface area contributed by atoms with Gasteiger partial charge in [0.25, 0.3) is 5.91 Å². The molecule has 1 unspecified atom stereocenters. The number of nitrogens with zero attached hydrogens (tertiary/aromatic N) is 1. The van der Waals surface area contributed by atoms with Crippen molar-refractivity contribution in [3.63, 3.8) is 0 Å². The molecule has 0 bridgehead atoms. The average molecular weight is 504 g/mol. The van der Waals surface area contributed by atoms with Crippen LogP contribution < -0.4 is 16.0 Å². The van der Waals surface area contributed by atoms with Gasteiger partial charge in [-0.25, -0.2) is 0 Å². The number of halogens is 1. The highest BCUT2D eigenvalue weighted by Gasteiger charge is 2.15.